The zero-order valence-corrected chi connectivity index (χ0v) is 19.5. The van der Waals surface area contributed by atoms with Gasteiger partial charge in [-0.3, -0.25) is 4.99 Å². The molecule has 2 aromatic heterocycles. The molecule has 0 radical (unpaired) electrons. The normalized spacial score (nSPS) is 14.8. The molecule has 1 saturated heterocycles. The van der Waals surface area contributed by atoms with Crippen LogP contribution in [0.25, 0.3) is 0 Å². The van der Waals surface area contributed by atoms with Gasteiger partial charge in [0.15, 0.2) is 5.96 Å². The van der Waals surface area contributed by atoms with Gasteiger partial charge in [0, 0.05) is 49.7 Å². The lowest BCUT2D eigenvalue weighted by atomic mass is 9.91. The predicted octanol–water partition coefficient (Wildman–Crippen LogP) is 4.00. The maximum atomic E-state index is 4.52. The Bertz CT molecular complexity index is 724. The lowest BCUT2D eigenvalue weighted by Crippen LogP contribution is -2.42. The van der Waals surface area contributed by atoms with Gasteiger partial charge in [-0.15, -0.1) is 35.3 Å². The molecule has 2 N–H and O–H groups in total. The molecular formula is C20H30IN5S. The third-order valence-corrected chi connectivity index (χ3v) is 6.05. The maximum absolute atomic E-state index is 4.52. The number of nitrogens with one attached hydrogen (secondary N) is 2. The van der Waals surface area contributed by atoms with Crippen molar-refractivity contribution in [1.82, 2.24) is 15.6 Å². The average molecular weight is 499 g/mol. The molecular weight excluding hydrogens is 469 g/mol. The van der Waals surface area contributed by atoms with Crippen molar-refractivity contribution in [2.45, 2.75) is 38.6 Å². The summed E-state index contributed by atoms with van der Waals surface area (Å²) in [6.45, 7) is 8.31. The van der Waals surface area contributed by atoms with E-state index < -0.39 is 0 Å². The van der Waals surface area contributed by atoms with Gasteiger partial charge >= 0.3 is 0 Å². The maximum Gasteiger partial charge on any atom is 0.191 e. The summed E-state index contributed by atoms with van der Waals surface area (Å²) in [4.78, 5) is 12.6. The van der Waals surface area contributed by atoms with Crippen LogP contribution in [0, 0.1) is 0 Å². The molecule has 0 aromatic carbocycles. The molecule has 0 spiro atoms. The van der Waals surface area contributed by atoms with Crippen LogP contribution >= 0.6 is 35.3 Å². The molecule has 0 unspecified atom stereocenters. The number of halogens is 1. The van der Waals surface area contributed by atoms with Gasteiger partial charge in [0.05, 0.1) is 0 Å². The fourth-order valence-electron chi connectivity index (χ4n) is 3.15. The van der Waals surface area contributed by atoms with E-state index in [2.05, 4.69) is 69.0 Å². The first-order chi connectivity index (χ1) is 12.6. The molecule has 0 bridgehead atoms. The van der Waals surface area contributed by atoms with Gasteiger partial charge in [-0.25, -0.2) is 4.98 Å². The SMILES string of the molecule is CN=C(NCc1ccnc(N2CCCC2)c1)NCC(C)(C)c1cccs1.I. The van der Waals surface area contributed by atoms with Crippen LogP contribution in [0.3, 0.4) is 0 Å². The smallest absolute Gasteiger partial charge is 0.191 e. The number of hydrogen-bond donors (Lipinski definition) is 2. The fourth-order valence-corrected chi connectivity index (χ4v) is 4.00. The van der Waals surface area contributed by atoms with Crippen LogP contribution in [-0.4, -0.2) is 37.6 Å². The quantitative estimate of drug-likeness (QED) is 0.359. The Hall–Kier alpha value is -1.35. The second-order valence-corrected chi connectivity index (χ2v) is 8.30. The van der Waals surface area contributed by atoms with E-state index in [1.54, 1.807) is 11.3 Å². The lowest BCUT2D eigenvalue weighted by molar-refractivity contribution is 0.518. The Labute approximate surface area is 183 Å². The van der Waals surface area contributed by atoms with Crippen LogP contribution in [-0.2, 0) is 12.0 Å². The van der Waals surface area contributed by atoms with Gasteiger partial charge in [0.2, 0.25) is 0 Å². The van der Waals surface area contributed by atoms with Crippen molar-refractivity contribution in [3.05, 3.63) is 46.3 Å². The fraction of sp³-hybridized carbons (Fsp3) is 0.500. The van der Waals surface area contributed by atoms with Crippen LogP contribution in [0.4, 0.5) is 5.82 Å². The highest BCUT2D eigenvalue weighted by molar-refractivity contribution is 14.0. The highest BCUT2D eigenvalue weighted by Gasteiger charge is 2.22. The van der Waals surface area contributed by atoms with Crippen LogP contribution in [0.15, 0.2) is 40.8 Å². The summed E-state index contributed by atoms with van der Waals surface area (Å²) in [5, 5.41) is 9.01. The molecule has 27 heavy (non-hydrogen) atoms. The van der Waals surface area contributed by atoms with E-state index in [1.807, 2.05) is 13.2 Å². The first-order valence-corrected chi connectivity index (χ1v) is 10.1. The summed E-state index contributed by atoms with van der Waals surface area (Å²) in [6, 6.07) is 8.55. The number of thiophene rings is 1. The van der Waals surface area contributed by atoms with Crippen LogP contribution in [0.5, 0.6) is 0 Å². The molecule has 2 aromatic rings. The highest BCUT2D eigenvalue weighted by atomic mass is 127. The third kappa shape index (κ3) is 6.07. The van der Waals surface area contributed by atoms with Crippen LogP contribution < -0.4 is 15.5 Å². The van der Waals surface area contributed by atoms with Crippen molar-refractivity contribution < 1.29 is 0 Å². The van der Waals surface area contributed by atoms with Gasteiger partial charge in [0.1, 0.15) is 5.82 Å². The molecule has 1 aliphatic rings. The topological polar surface area (TPSA) is 52.6 Å². The molecule has 3 rings (SSSR count). The van der Waals surface area contributed by atoms with Gasteiger partial charge in [-0.05, 0) is 42.0 Å². The van der Waals surface area contributed by atoms with Crippen molar-refractivity contribution in [2.24, 2.45) is 4.99 Å². The number of anilines is 1. The van der Waals surface area contributed by atoms with Gasteiger partial charge in [-0.1, -0.05) is 19.9 Å². The summed E-state index contributed by atoms with van der Waals surface area (Å²) in [7, 11) is 1.82. The largest absolute Gasteiger partial charge is 0.357 e. The molecule has 0 amide bonds. The number of hydrogen-bond acceptors (Lipinski definition) is 4. The Balaban J connectivity index is 0.00000261. The summed E-state index contributed by atoms with van der Waals surface area (Å²) in [5.41, 5.74) is 1.30. The number of aromatic nitrogens is 1. The highest BCUT2D eigenvalue weighted by Crippen LogP contribution is 2.26. The van der Waals surface area contributed by atoms with E-state index in [4.69, 9.17) is 0 Å². The van der Waals surface area contributed by atoms with E-state index >= 15 is 0 Å². The van der Waals surface area contributed by atoms with Gasteiger partial charge in [-0.2, -0.15) is 0 Å². The second-order valence-electron chi connectivity index (χ2n) is 7.36. The predicted molar refractivity (Wildman–Crippen MR) is 127 cm³/mol. The van der Waals surface area contributed by atoms with Crippen molar-refractivity contribution in [2.75, 3.05) is 31.6 Å². The van der Waals surface area contributed by atoms with E-state index in [0.717, 1.165) is 38.0 Å². The van der Waals surface area contributed by atoms with Gasteiger partial charge in [0.25, 0.3) is 0 Å². The van der Waals surface area contributed by atoms with Crippen LogP contribution in [0.1, 0.15) is 37.1 Å². The minimum atomic E-state index is 0. The second kappa shape index (κ2) is 10.3. The lowest BCUT2D eigenvalue weighted by Gasteiger charge is -2.25. The van der Waals surface area contributed by atoms with E-state index in [9.17, 15) is 0 Å². The molecule has 7 heteroatoms. The number of pyridine rings is 1. The van der Waals surface area contributed by atoms with Gasteiger partial charge < -0.3 is 15.5 Å². The van der Waals surface area contributed by atoms with E-state index in [1.165, 1.54) is 23.3 Å². The summed E-state index contributed by atoms with van der Waals surface area (Å²) < 4.78 is 0. The molecule has 0 atom stereocenters. The Morgan fingerprint density at radius 2 is 2.04 bits per heavy atom. The Morgan fingerprint density at radius 3 is 2.70 bits per heavy atom. The molecule has 148 valence electrons. The minimum absolute atomic E-state index is 0. The standard InChI is InChI=1S/C20H29N5S.HI/c1-20(2,17-7-6-12-26-17)15-24-19(21-3)23-14-16-8-9-22-18(13-16)25-10-4-5-11-25;/h6-9,12-13H,4-5,10-11,14-15H2,1-3H3,(H2,21,23,24);1H. The zero-order valence-electron chi connectivity index (χ0n) is 16.4. The molecule has 3 heterocycles. The van der Waals surface area contributed by atoms with Crippen molar-refractivity contribution in [3.63, 3.8) is 0 Å². The summed E-state index contributed by atoms with van der Waals surface area (Å²) in [6.07, 6.45) is 4.43. The number of nitrogens with zero attached hydrogens (tertiary/aromatic N) is 3. The Kier molecular flexibility index (Phi) is 8.34. The zero-order chi connectivity index (χ0) is 18.4. The summed E-state index contributed by atoms with van der Waals surface area (Å²) >= 11 is 1.80. The third-order valence-electron chi connectivity index (χ3n) is 4.81. The number of guanidine groups is 1. The molecule has 1 fully saturated rings. The molecule has 1 aliphatic heterocycles. The monoisotopic (exact) mass is 499 g/mol. The van der Waals surface area contributed by atoms with Crippen LogP contribution in [0.2, 0.25) is 0 Å². The number of rotatable bonds is 6. The average Bonchev–Trinajstić information content (AvgIpc) is 3.36. The van der Waals surface area contributed by atoms with E-state index in [-0.39, 0.29) is 29.4 Å². The molecule has 0 aliphatic carbocycles. The molecule has 5 nitrogen and oxygen atoms in total. The van der Waals surface area contributed by atoms with E-state index in [0.29, 0.717) is 0 Å². The molecule has 0 saturated carbocycles. The minimum Gasteiger partial charge on any atom is -0.357 e. The summed E-state index contributed by atoms with van der Waals surface area (Å²) in [5.74, 6) is 1.91. The Morgan fingerprint density at radius 1 is 1.26 bits per heavy atom. The first kappa shape index (κ1) is 21.9. The first-order valence-electron chi connectivity index (χ1n) is 9.27. The number of aliphatic imine (C=N–C) groups is 1. The van der Waals surface area contributed by atoms with Crippen molar-refractivity contribution in [3.8, 4) is 0 Å². The van der Waals surface area contributed by atoms with Crippen molar-refractivity contribution >= 4 is 47.1 Å². The van der Waals surface area contributed by atoms with Crippen molar-refractivity contribution in [1.29, 1.82) is 0 Å².